The molecule has 0 bridgehead atoms. The minimum Gasteiger partial charge on any atom is -0.380 e. The average molecular weight is 261 g/mol. The zero-order chi connectivity index (χ0) is 12.7. The van der Waals surface area contributed by atoms with Gasteiger partial charge < -0.3 is 14.6 Å². The van der Waals surface area contributed by atoms with E-state index < -0.39 is 0 Å². The molecule has 2 aliphatic carbocycles. The van der Waals surface area contributed by atoms with Crippen LogP contribution in [0, 0.1) is 11.8 Å². The third kappa shape index (κ3) is 2.70. The molecule has 0 amide bonds. The fourth-order valence-electron chi connectivity index (χ4n) is 3.02. The van der Waals surface area contributed by atoms with Gasteiger partial charge in [-0.1, -0.05) is 0 Å². The van der Waals surface area contributed by atoms with Crippen LogP contribution in [-0.2, 0) is 17.8 Å². The molecule has 4 rings (SSSR count). The summed E-state index contributed by atoms with van der Waals surface area (Å²) in [7, 11) is 0. The molecule has 1 atom stereocenters. The van der Waals surface area contributed by atoms with E-state index >= 15 is 0 Å². The first kappa shape index (κ1) is 11.9. The summed E-state index contributed by atoms with van der Waals surface area (Å²) in [5.74, 6) is 2.25. The summed E-state index contributed by atoms with van der Waals surface area (Å²) in [6.45, 7) is 4.94. The molecule has 4 nitrogen and oxygen atoms in total. The van der Waals surface area contributed by atoms with E-state index in [1.54, 1.807) is 0 Å². The Morgan fingerprint density at radius 1 is 1.21 bits per heavy atom. The summed E-state index contributed by atoms with van der Waals surface area (Å²) in [6, 6.07) is 0. The fourth-order valence-corrected chi connectivity index (χ4v) is 3.02. The fraction of sp³-hybridized carbons (Fsp3) is 0.800. The minimum absolute atomic E-state index is 0.490. The van der Waals surface area contributed by atoms with Crippen LogP contribution in [0.15, 0.2) is 6.33 Å². The largest absolute Gasteiger partial charge is 0.380 e. The third-order valence-corrected chi connectivity index (χ3v) is 4.55. The molecule has 104 valence electrons. The van der Waals surface area contributed by atoms with Crippen molar-refractivity contribution in [3.63, 3.8) is 0 Å². The van der Waals surface area contributed by atoms with Gasteiger partial charge in [0, 0.05) is 37.9 Å². The number of aromatic nitrogens is 2. The van der Waals surface area contributed by atoms with Crippen molar-refractivity contribution in [3.05, 3.63) is 17.7 Å². The van der Waals surface area contributed by atoms with Gasteiger partial charge in [-0.25, -0.2) is 4.98 Å². The van der Waals surface area contributed by atoms with Crippen molar-refractivity contribution in [2.45, 2.75) is 44.7 Å². The molecule has 1 aliphatic heterocycles. The first-order chi connectivity index (χ1) is 9.40. The second-order valence-corrected chi connectivity index (χ2v) is 6.48. The Balaban J connectivity index is 1.45. The van der Waals surface area contributed by atoms with Crippen LogP contribution in [0.3, 0.4) is 0 Å². The van der Waals surface area contributed by atoms with Crippen molar-refractivity contribution in [3.8, 4) is 0 Å². The zero-order valence-corrected chi connectivity index (χ0v) is 11.5. The van der Waals surface area contributed by atoms with Gasteiger partial charge >= 0.3 is 0 Å². The van der Waals surface area contributed by atoms with Crippen LogP contribution < -0.4 is 5.32 Å². The molecule has 0 saturated heterocycles. The summed E-state index contributed by atoms with van der Waals surface area (Å²) >= 11 is 0. The molecule has 2 heterocycles. The molecule has 2 fully saturated rings. The van der Waals surface area contributed by atoms with Crippen LogP contribution >= 0.6 is 0 Å². The number of imidazole rings is 1. The lowest BCUT2D eigenvalue weighted by Crippen LogP contribution is -2.32. The van der Waals surface area contributed by atoms with E-state index in [2.05, 4.69) is 14.9 Å². The highest BCUT2D eigenvalue weighted by Gasteiger charge is 2.29. The van der Waals surface area contributed by atoms with Gasteiger partial charge in [-0.2, -0.15) is 0 Å². The number of nitrogens with zero attached hydrogens (tertiary/aromatic N) is 2. The van der Waals surface area contributed by atoms with Gasteiger partial charge in [-0.05, 0) is 37.5 Å². The first-order valence-corrected chi connectivity index (χ1v) is 7.72. The van der Waals surface area contributed by atoms with Crippen LogP contribution in [0.2, 0.25) is 0 Å². The lowest BCUT2D eigenvalue weighted by atomic mass is 10.0. The summed E-state index contributed by atoms with van der Waals surface area (Å²) < 4.78 is 8.32. The van der Waals surface area contributed by atoms with E-state index in [1.165, 1.54) is 43.6 Å². The van der Waals surface area contributed by atoms with Crippen molar-refractivity contribution in [1.82, 2.24) is 14.9 Å². The predicted octanol–water partition coefficient (Wildman–Crippen LogP) is 1.91. The highest BCUT2D eigenvalue weighted by atomic mass is 16.5. The van der Waals surface area contributed by atoms with Gasteiger partial charge in [0.2, 0.25) is 0 Å². The van der Waals surface area contributed by atoms with E-state index in [0.717, 1.165) is 38.1 Å². The van der Waals surface area contributed by atoms with Crippen LogP contribution in [0.5, 0.6) is 0 Å². The predicted molar refractivity (Wildman–Crippen MR) is 72.9 cm³/mol. The smallest absolute Gasteiger partial charge is 0.0952 e. The molecule has 2 saturated carbocycles. The molecule has 1 aromatic heterocycles. The van der Waals surface area contributed by atoms with Crippen LogP contribution in [-0.4, -0.2) is 29.3 Å². The van der Waals surface area contributed by atoms with Gasteiger partial charge in [-0.15, -0.1) is 0 Å². The summed E-state index contributed by atoms with van der Waals surface area (Å²) in [5.41, 5.74) is 2.69. The Bertz CT molecular complexity index is 448. The second-order valence-electron chi connectivity index (χ2n) is 6.48. The molecule has 1 aromatic rings. The van der Waals surface area contributed by atoms with Gasteiger partial charge in [0.05, 0.1) is 18.6 Å². The number of nitrogens with one attached hydrogen (secondary N) is 1. The molecule has 4 heteroatoms. The zero-order valence-electron chi connectivity index (χ0n) is 11.5. The molecular weight excluding hydrogens is 238 g/mol. The standard InChI is InChI=1S/C15H23N3O/c1-2-11(1)7-18-10-17-14-6-16-5-13(15(14)18)9-19-8-12-3-4-12/h10-13,16H,1-9H2/t13-/m0/s1. The van der Waals surface area contributed by atoms with Gasteiger partial charge in [-0.3, -0.25) is 0 Å². The Morgan fingerprint density at radius 2 is 2.05 bits per heavy atom. The number of hydrogen-bond donors (Lipinski definition) is 1. The highest BCUT2D eigenvalue weighted by Crippen LogP contribution is 2.33. The van der Waals surface area contributed by atoms with E-state index in [4.69, 9.17) is 4.74 Å². The normalized spacial score (nSPS) is 26.4. The number of rotatable bonds is 6. The Kier molecular flexibility index (Phi) is 3.08. The topological polar surface area (TPSA) is 39.1 Å². The molecule has 1 N–H and O–H groups in total. The van der Waals surface area contributed by atoms with Crippen molar-refractivity contribution < 1.29 is 4.74 Å². The number of ether oxygens (including phenoxy) is 1. The van der Waals surface area contributed by atoms with E-state index in [9.17, 15) is 0 Å². The maximum absolute atomic E-state index is 5.92. The lowest BCUT2D eigenvalue weighted by molar-refractivity contribution is 0.106. The van der Waals surface area contributed by atoms with Crippen molar-refractivity contribution in [1.29, 1.82) is 0 Å². The molecule has 0 spiro atoms. The summed E-state index contributed by atoms with van der Waals surface area (Å²) in [4.78, 5) is 4.59. The van der Waals surface area contributed by atoms with Gasteiger partial charge in [0.15, 0.2) is 0 Å². The Morgan fingerprint density at radius 3 is 2.84 bits per heavy atom. The van der Waals surface area contributed by atoms with Gasteiger partial charge in [0.25, 0.3) is 0 Å². The molecule has 0 aromatic carbocycles. The van der Waals surface area contributed by atoms with Crippen molar-refractivity contribution >= 4 is 0 Å². The summed E-state index contributed by atoms with van der Waals surface area (Å²) in [5, 5.41) is 3.47. The molecule has 19 heavy (non-hydrogen) atoms. The lowest BCUT2D eigenvalue weighted by Gasteiger charge is -2.25. The minimum atomic E-state index is 0.490. The summed E-state index contributed by atoms with van der Waals surface area (Å²) in [6.07, 6.45) is 7.58. The molecule has 0 unspecified atom stereocenters. The van der Waals surface area contributed by atoms with Crippen molar-refractivity contribution in [2.24, 2.45) is 11.8 Å². The van der Waals surface area contributed by atoms with E-state index in [1.807, 2.05) is 6.33 Å². The molecular formula is C15H23N3O. The molecule has 3 aliphatic rings. The highest BCUT2D eigenvalue weighted by molar-refractivity contribution is 5.22. The Hall–Kier alpha value is -0.870. The first-order valence-electron chi connectivity index (χ1n) is 7.72. The molecule has 0 radical (unpaired) electrons. The van der Waals surface area contributed by atoms with Crippen molar-refractivity contribution in [2.75, 3.05) is 19.8 Å². The SMILES string of the molecule is c1nc2c(n1CC1CC1)[C@H](COCC1CC1)CNC2. The quantitative estimate of drug-likeness (QED) is 0.850. The average Bonchev–Trinajstić information content (AvgIpc) is 3.31. The van der Waals surface area contributed by atoms with E-state index in [0.29, 0.717) is 5.92 Å². The maximum Gasteiger partial charge on any atom is 0.0952 e. The maximum atomic E-state index is 5.92. The van der Waals surface area contributed by atoms with Crippen LogP contribution in [0.4, 0.5) is 0 Å². The number of fused-ring (bicyclic) bond motifs is 1. The van der Waals surface area contributed by atoms with Crippen LogP contribution in [0.1, 0.15) is 43.0 Å². The monoisotopic (exact) mass is 261 g/mol. The van der Waals surface area contributed by atoms with Gasteiger partial charge in [0.1, 0.15) is 0 Å². The van der Waals surface area contributed by atoms with Crippen LogP contribution in [0.25, 0.3) is 0 Å². The Labute approximate surface area is 114 Å². The number of hydrogen-bond acceptors (Lipinski definition) is 3. The second kappa shape index (κ2) is 4.91. The third-order valence-electron chi connectivity index (χ3n) is 4.55. The van der Waals surface area contributed by atoms with E-state index in [-0.39, 0.29) is 0 Å².